The highest BCUT2D eigenvalue weighted by Crippen LogP contribution is 2.36. The summed E-state index contributed by atoms with van der Waals surface area (Å²) in [5, 5.41) is 9.41. The molecule has 0 aliphatic heterocycles. The van der Waals surface area contributed by atoms with E-state index in [1.807, 2.05) is 0 Å². The van der Waals surface area contributed by atoms with Crippen LogP contribution in [0.1, 0.15) is 12.8 Å². The Hall–Kier alpha value is -0.550. The van der Waals surface area contributed by atoms with Gasteiger partial charge >= 0.3 is 7.60 Å². The highest BCUT2D eigenvalue weighted by molar-refractivity contribution is 7.99. The maximum atomic E-state index is 12.9. The van der Waals surface area contributed by atoms with Gasteiger partial charge in [-0.25, -0.2) is 4.39 Å². The highest BCUT2D eigenvalue weighted by Gasteiger charge is 2.11. The number of rotatable bonds is 6. The van der Waals surface area contributed by atoms with Gasteiger partial charge < -0.3 is 14.9 Å². The van der Waals surface area contributed by atoms with Crippen LogP contribution in [-0.2, 0) is 4.57 Å². The second-order valence-electron chi connectivity index (χ2n) is 3.56. The van der Waals surface area contributed by atoms with Crippen LogP contribution in [0, 0.1) is 5.82 Å². The lowest BCUT2D eigenvalue weighted by atomic mass is 10.3. The molecule has 0 bridgehead atoms. The Morgan fingerprint density at radius 2 is 2.00 bits per heavy atom. The summed E-state index contributed by atoms with van der Waals surface area (Å²) < 4.78 is 23.4. The molecule has 0 spiro atoms. The maximum absolute atomic E-state index is 12.9. The van der Waals surface area contributed by atoms with Gasteiger partial charge in [-0.05, 0) is 36.8 Å². The topological polar surface area (TPSA) is 77.8 Å². The fraction of sp³-hybridized carbons (Fsp3) is 0.400. The number of unbranched alkanes of at least 4 members (excludes halogenated alkanes) is 1. The predicted molar refractivity (Wildman–Crippen MR) is 64.9 cm³/mol. The molecule has 1 rings (SSSR count). The Balaban J connectivity index is 2.31. The zero-order chi connectivity index (χ0) is 12.9. The van der Waals surface area contributed by atoms with Crippen LogP contribution in [0.3, 0.4) is 0 Å². The Labute approximate surface area is 103 Å². The number of phenolic OH excluding ortho intramolecular Hbond substituents is 1. The normalized spacial score (nSPS) is 11.7. The van der Waals surface area contributed by atoms with Gasteiger partial charge in [0.15, 0.2) is 0 Å². The van der Waals surface area contributed by atoms with E-state index in [1.54, 1.807) is 0 Å². The fourth-order valence-electron chi connectivity index (χ4n) is 1.21. The average Bonchev–Trinajstić information content (AvgIpc) is 2.21. The minimum Gasteiger partial charge on any atom is -0.507 e. The largest absolute Gasteiger partial charge is 0.507 e. The molecule has 0 aliphatic carbocycles. The van der Waals surface area contributed by atoms with Gasteiger partial charge in [0.25, 0.3) is 0 Å². The van der Waals surface area contributed by atoms with E-state index in [2.05, 4.69) is 0 Å². The third kappa shape index (κ3) is 6.07. The zero-order valence-electron chi connectivity index (χ0n) is 9.04. The minimum absolute atomic E-state index is 0.0198. The number of hydrogen-bond donors (Lipinski definition) is 3. The zero-order valence-corrected chi connectivity index (χ0v) is 10.8. The molecule has 3 N–H and O–H groups in total. The lowest BCUT2D eigenvalue weighted by Gasteiger charge is -2.05. The Morgan fingerprint density at radius 3 is 2.65 bits per heavy atom. The molecule has 0 heterocycles. The van der Waals surface area contributed by atoms with Crippen LogP contribution in [0.2, 0.25) is 0 Å². The summed E-state index contributed by atoms with van der Waals surface area (Å²) in [5.41, 5.74) is 0. The summed E-state index contributed by atoms with van der Waals surface area (Å²) >= 11 is 1.27. The number of benzene rings is 1. The number of thioether (sulfide) groups is 1. The summed E-state index contributed by atoms with van der Waals surface area (Å²) in [7, 11) is -3.91. The van der Waals surface area contributed by atoms with E-state index in [9.17, 15) is 14.1 Å². The van der Waals surface area contributed by atoms with Crippen molar-refractivity contribution < 1.29 is 23.8 Å². The standard InChI is InChI=1S/C10H14FO4PS/c11-8-3-4-9(12)10(7-8)17-6-2-1-5-16(13,14)15/h3-4,7,12H,1-2,5-6H2,(H2,13,14,15). The molecule has 7 heteroatoms. The van der Waals surface area contributed by atoms with Crippen molar-refractivity contribution in [3.8, 4) is 5.75 Å². The van der Waals surface area contributed by atoms with Gasteiger partial charge in [-0.3, -0.25) is 4.57 Å². The molecular weight excluding hydrogens is 266 g/mol. The van der Waals surface area contributed by atoms with Gasteiger partial charge in [-0.2, -0.15) is 0 Å². The van der Waals surface area contributed by atoms with Gasteiger partial charge in [0.2, 0.25) is 0 Å². The van der Waals surface area contributed by atoms with Crippen molar-refractivity contribution >= 4 is 19.4 Å². The molecule has 0 unspecified atom stereocenters. The first kappa shape index (κ1) is 14.5. The molecule has 17 heavy (non-hydrogen) atoms. The Morgan fingerprint density at radius 1 is 1.29 bits per heavy atom. The molecule has 4 nitrogen and oxygen atoms in total. The Bertz CT molecular complexity index is 421. The number of hydrogen-bond acceptors (Lipinski definition) is 3. The molecule has 0 radical (unpaired) electrons. The third-order valence-corrected chi connectivity index (χ3v) is 4.05. The van der Waals surface area contributed by atoms with Crippen molar-refractivity contribution in [3.63, 3.8) is 0 Å². The fourth-order valence-corrected chi connectivity index (χ4v) is 2.82. The molecule has 0 amide bonds. The predicted octanol–water partition coefficient (Wildman–Crippen LogP) is 2.58. The van der Waals surface area contributed by atoms with Crippen LogP contribution in [0.5, 0.6) is 5.75 Å². The second kappa shape index (κ2) is 6.40. The van der Waals surface area contributed by atoms with Gasteiger partial charge in [-0.1, -0.05) is 0 Å². The SMILES string of the molecule is O=P(O)(O)CCCCSc1cc(F)ccc1O. The van der Waals surface area contributed by atoms with Crippen molar-refractivity contribution in [2.24, 2.45) is 0 Å². The summed E-state index contributed by atoms with van der Waals surface area (Å²) in [4.78, 5) is 17.7. The van der Waals surface area contributed by atoms with Crippen molar-refractivity contribution in [2.75, 3.05) is 11.9 Å². The van der Waals surface area contributed by atoms with Crippen LogP contribution < -0.4 is 0 Å². The van der Waals surface area contributed by atoms with E-state index < -0.39 is 13.4 Å². The quantitative estimate of drug-likeness (QED) is 0.424. The minimum atomic E-state index is -3.91. The van der Waals surface area contributed by atoms with Gasteiger partial charge in [0, 0.05) is 6.16 Å². The van der Waals surface area contributed by atoms with Crippen molar-refractivity contribution in [1.82, 2.24) is 0 Å². The molecule has 0 saturated carbocycles. The molecule has 96 valence electrons. The van der Waals surface area contributed by atoms with E-state index in [0.717, 1.165) is 0 Å². The Kier molecular flexibility index (Phi) is 5.46. The first-order chi connectivity index (χ1) is 7.88. The highest BCUT2D eigenvalue weighted by atomic mass is 32.2. The van der Waals surface area contributed by atoms with Crippen LogP contribution in [0.4, 0.5) is 4.39 Å². The maximum Gasteiger partial charge on any atom is 0.325 e. The molecule has 0 aliphatic rings. The molecule has 1 aromatic rings. The van der Waals surface area contributed by atoms with Crippen LogP contribution >= 0.6 is 19.4 Å². The molecule has 0 aromatic heterocycles. The van der Waals surface area contributed by atoms with Crippen molar-refractivity contribution in [2.45, 2.75) is 17.7 Å². The van der Waals surface area contributed by atoms with E-state index in [0.29, 0.717) is 23.5 Å². The molecular formula is C10H14FO4PS. The first-order valence-electron chi connectivity index (χ1n) is 5.04. The number of aromatic hydroxyl groups is 1. The smallest absolute Gasteiger partial charge is 0.325 e. The summed E-state index contributed by atoms with van der Waals surface area (Å²) in [6, 6.07) is 3.70. The second-order valence-corrected chi connectivity index (χ2v) is 6.47. The lowest BCUT2D eigenvalue weighted by molar-refractivity contribution is 0.371. The van der Waals surface area contributed by atoms with Crippen molar-refractivity contribution in [3.05, 3.63) is 24.0 Å². The van der Waals surface area contributed by atoms with Crippen LogP contribution in [0.25, 0.3) is 0 Å². The number of halogens is 1. The van der Waals surface area contributed by atoms with E-state index in [-0.39, 0.29) is 11.9 Å². The van der Waals surface area contributed by atoms with E-state index in [1.165, 1.54) is 30.0 Å². The average molecular weight is 280 g/mol. The third-order valence-electron chi connectivity index (χ3n) is 2.02. The summed E-state index contributed by atoms with van der Waals surface area (Å²) in [6.07, 6.45) is 0.877. The van der Waals surface area contributed by atoms with E-state index >= 15 is 0 Å². The van der Waals surface area contributed by atoms with Crippen LogP contribution in [-0.4, -0.2) is 26.8 Å². The monoisotopic (exact) mass is 280 g/mol. The molecule has 0 saturated heterocycles. The van der Waals surface area contributed by atoms with E-state index in [4.69, 9.17) is 9.79 Å². The van der Waals surface area contributed by atoms with Crippen molar-refractivity contribution in [1.29, 1.82) is 0 Å². The summed E-state index contributed by atoms with van der Waals surface area (Å²) in [5.74, 6) is 0.184. The summed E-state index contributed by atoms with van der Waals surface area (Å²) in [6.45, 7) is 0. The molecule has 1 aromatic carbocycles. The lowest BCUT2D eigenvalue weighted by Crippen LogP contribution is -1.89. The molecule has 0 atom stereocenters. The first-order valence-corrected chi connectivity index (χ1v) is 7.83. The molecule has 0 fully saturated rings. The van der Waals surface area contributed by atoms with Gasteiger partial charge in [0.05, 0.1) is 4.90 Å². The van der Waals surface area contributed by atoms with Gasteiger partial charge in [-0.15, -0.1) is 11.8 Å². The van der Waals surface area contributed by atoms with Crippen LogP contribution in [0.15, 0.2) is 23.1 Å². The van der Waals surface area contributed by atoms with Gasteiger partial charge in [0.1, 0.15) is 11.6 Å². The number of phenols is 1.